The number of carbonyl (C=O) groups excluding carboxylic acids is 2. The van der Waals surface area contributed by atoms with E-state index in [-0.39, 0.29) is 16.7 Å². The van der Waals surface area contributed by atoms with Gasteiger partial charge in [-0.1, -0.05) is 6.07 Å². The molecule has 7 nitrogen and oxygen atoms in total. The molecule has 1 heterocycles. The first-order valence-corrected chi connectivity index (χ1v) is 9.64. The van der Waals surface area contributed by atoms with E-state index in [1.807, 2.05) is 0 Å². The van der Waals surface area contributed by atoms with Crippen molar-refractivity contribution in [3.05, 3.63) is 54.1 Å². The van der Waals surface area contributed by atoms with Gasteiger partial charge in [0.1, 0.15) is 0 Å². The molecule has 0 radical (unpaired) electrons. The molecule has 26 heavy (non-hydrogen) atoms. The predicted molar refractivity (Wildman–Crippen MR) is 98.7 cm³/mol. The number of rotatable bonds is 5. The van der Waals surface area contributed by atoms with Crippen LogP contribution in [-0.2, 0) is 14.8 Å². The average molecular weight is 373 g/mol. The van der Waals surface area contributed by atoms with E-state index in [0.29, 0.717) is 29.9 Å². The molecule has 0 bridgehead atoms. The molecule has 1 aliphatic rings. The van der Waals surface area contributed by atoms with Crippen LogP contribution in [-0.4, -0.2) is 33.8 Å². The molecule has 136 valence electrons. The molecule has 0 aliphatic carbocycles. The Morgan fingerprint density at radius 1 is 1.12 bits per heavy atom. The Kier molecular flexibility index (Phi) is 5.06. The third-order valence-corrected chi connectivity index (χ3v) is 5.61. The molecule has 0 saturated carbocycles. The van der Waals surface area contributed by atoms with Gasteiger partial charge in [0.25, 0.3) is 5.91 Å². The molecule has 0 unspecified atom stereocenters. The van der Waals surface area contributed by atoms with Crippen molar-refractivity contribution in [1.29, 1.82) is 0 Å². The fourth-order valence-corrected chi connectivity index (χ4v) is 3.50. The summed E-state index contributed by atoms with van der Waals surface area (Å²) >= 11 is 0. The molecule has 2 N–H and O–H groups in total. The zero-order valence-electron chi connectivity index (χ0n) is 14.2. The van der Waals surface area contributed by atoms with Gasteiger partial charge in [-0.05, 0) is 55.9 Å². The Morgan fingerprint density at radius 2 is 1.85 bits per heavy atom. The maximum Gasteiger partial charge on any atom is 0.255 e. The SMILES string of the molecule is CNS(=O)(=O)c1ccc(NC(=O)c2cccc(N3CCCC3=O)c2)cc1. The summed E-state index contributed by atoms with van der Waals surface area (Å²) in [6, 6.07) is 12.8. The minimum Gasteiger partial charge on any atom is -0.322 e. The lowest BCUT2D eigenvalue weighted by atomic mass is 10.1. The molecule has 0 spiro atoms. The Labute approximate surface area is 152 Å². The number of hydrogen-bond acceptors (Lipinski definition) is 4. The molecule has 2 amide bonds. The third kappa shape index (κ3) is 3.76. The summed E-state index contributed by atoms with van der Waals surface area (Å²) in [5.41, 5.74) is 1.61. The van der Waals surface area contributed by atoms with Crippen molar-refractivity contribution in [2.45, 2.75) is 17.7 Å². The van der Waals surface area contributed by atoms with Crippen molar-refractivity contribution in [2.75, 3.05) is 23.8 Å². The van der Waals surface area contributed by atoms with Gasteiger partial charge in [-0.25, -0.2) is 13.1 Å². The summed E-state index contributed by atoms with van der Waals surface area (Å²) in [5.74, 6) is -0.272. The van der Waals surface area contributed by atoms with E-state index < -0.39 is 10.0 Å². The number of amides is 2. The highest BCUT2D eigenvalue weighted by Crippen LogP contribution is 2.23. The molecule has 0 atom stereocenters. The van der Waals surface area contributed by atoms with Crippen molar-refractivity contribution in [3.8, 4) is 0 Å². The van der Waals surface area contributed by atoms with Gasteiger partial charge in [0, 0.05) is 29.9 Å². The Balaban J connectivity index is 1.75. The van der Waals surface area contributed by atoms with Crippen molar-refractivity contribution in [2.24, 2.45) is 0 Å². The van der Waals surface area contributed by atoms with Crippen LogP contribution in [0, 0.1) is 0 Å². The number of anilines is 2. The first-order chi connectivity index (χ1) is 12.4. The summed E-state index contributed by atoms with van der Waals surface area (Å²) in [6.45, 7) is 0.658. The lowest BCUT2D eigenvalue weighted by Gasteiger charge is -2.16. The Hall–Kier alpha value is -2.71. The van der Waals surface area contributed by atoms with Gasteiger partial charge in [-0.2, -0.15) is 0 Å². The van der Waals surface area contributed by atoms with Gasteiger partial charge in [-0.3, -0.25) is 9.59 Å². The van der Waals surface area contributed by atoms with E-state index in [1.54, 1.807) is 29.2 Å². The highest BCUT2D eigenvalue weighted by Gasteiger charge is 2.22. The van der Waals surface area contributed by atoms with Crippen LogP contribution in [0.25, 0.3) is 0 Å². The standard InChI is InChI=1S/C18H19N3O4S/c1-19-26(24,25)16-9-7-14(8-10-16)20-18(23)13-4-2-5-15(12-13)21-11-3-6-17(21)22/h2,4-5,7-10,12,19H,3,6,11H2,1H3,(H,20,23). The quantitative estimate of drug-likeness (QED) is 0.838. The highest BCUT2D eigenvalue weighted by molar-refractivity contribution is 7.89. The Bertz CT molecular complexity index is 939. The molecular formula is C18H19N3O4S. The van der Waals surface area contributed by atoms with Crippen molar-refractivity contribution in [3.63, 3.8) is 0 Å². The van der Waals surface area contributed by atoms with E-state index in [2.05, 4.69) is 10.0 Å². The second-order valence-electron chi connectivity index (χ2n) is 5.89. The summed E-state index contributed by atoms with van der Waals surface area (Å²) in [5, 5.41) is 2.73. The molecule has 0 aromatic heterocycles. The van der Waals surface area contributed by atoms with Crippen molar-refractivity contribution < 1.29 is 18.0 Å². The lowest BCUT2D eigenvalue weighted by molar-refractivity contribution is -0.117. The van der Waals surface area contributed by atoms with Crippen LogP contribution in [0.5, 0.6) is 0 Å². The maximum absolute atomic E-state index is 12.5. The zero-order chi connectivity index (χ0) is 18.7. The van der Waals surface area contributed by atoms with Crippen LogP contribution in [0.3, 0.4) is 0 Å². The minimum absolute atomic E-state index is 0.0592. The van der Waals surface area contributed by atoms with E-state index in [4.69, 9.17) is 0 Å². The molecule has 8 heteroatoms. The van der Waals surface area contributed by atoms with Crippen LogP contribution < -0.4 is 14.9 Å². The van der Waals surface area contributed by atoms with Gasteiger partial charge in [0.05, 0.1) is 4.90 Å². The second-order valence-corrected chi connectivity index (χ2v) is 7.77. The van der Waals surface area contributed by atoms with Crippen LogP contribution in [0.1, 0.15) is 23.2 Å². The Morgan fingerprint density at radius 3 is 2.46 bits per heavy atom. The fourth-order valence-electron chi connectivity index (χ4n) is 2.77. The van der Waals surface area contributed by atoms with E-state index in [0.717, 1.165) is 6.42 Å². The third-order valence-electron chi connectivity index (χ3n) is 4.18. The summed E-state index contributed by atoms with van der Waals surface area (Å²) in [7, 11) is -2.18. The van der Waals surface area contributed by atoms with Crippen LogP contribution >= 0.6 is 0 Å². The zero-order valence-corrected chi connectivity index (χ0v) is 15.0. The number of benzene rings is 2. The predicted octanol–water partition coefficient (Wildman–Crippen LogP) is 1.97. The molecular weight excluding hydrogens is 354 g/mol. The molecule has 2 aromatic rings. The van der Waals surface area contributed by atoms with Gasteiger partial charge in [-0.15, -0.1) is 0 Å². The molecule has 1 aliphatic heterocycles. The average Bonchev–Trinajstić information content (AvgIpc) is 3.08. The van der Waals surface area contributed by atoms with Gasteiger partial charge in [0.15, 0.2) is 0 Å². The first-order valence-electron chi connectivity index (χ1n) is 8.16. The van der Waals surface area contributed by atoms with Crippen molar-refractivity contribution >= 4 is 33.2 Å². The van der Waals surface area contributed by atoms with Gasteiger partial charge in [0.2, 0.25) is 15.9 Å². The summed E-state index contributed by atoms with van der Waals surface area (Å²) < 4.78 is 25.7. The number of hydrogen-bond donors (Lipinski definition) is 2. The van der Waals surface area contributed by atoms with Crippen LogP contribution in [0.15, 0.2) is 53.4 Å². The smallest absolute Gasteiger partial charge is 0.255 e. The molecule has 3 rings (SSSR count). The minimum atomic E-state index is -3.52. The van der Waals surface area contributed by atoms with Crippen LogP contribution in [0.4, 0.5) is 11.4 Å². The maximum atomic E-state index is 12.5. The first kappa shape index (κ1) is 18.1. The van der Waals surface area contributed by atoms with E-state index >= 15 is 0 Å². The number of nitrogens with zero attached hydrogens (tertiary/aromatic N) is 1. The normalized spacial score (nSPS) is 14.5. The number of sulfonamides is 1. The van der Waals surface area contributed by atoms with E-state index in [1.165, 1.54) is 31.3 Å². The summed E-state index contributed by atoms with van der Waals surface area (Å²) in [6.07, 6.45) is 1.34. The number of carbonyl (C=O) groups is 2. The monoisotopic (exact) mass is 373 g/mol. The topological polar surface area (TPSA) is 95.6 Å². The summed E-state index contributed by atoms with van der Waals surface area (Å²) in [4.78, 5) is 26.1. The molecule has 1 saturated heterocycles. The second kappa shape index (κ2) is 7.27. The van der Waals surface area contributed by atoms with E-state index in [9.17, 15) is 18.0 Å². The van der Waals surface area contributed by atoms with Crippen molar-refractivity contribution in [1.82, 2.24) is 4.72 Å². The fraction of sp³-hybridized carbons (Fsp3) is 0.222. The molecule has 1 fully saturated rings. The lowest BCUT2D eigenvalue weighted by Crippen LogP contribution is -2.24. The van der Waals surface area contributed by atoms with Crippen LogP contribution in [0.2, 0.25) is 0 Å². The molecule has 2 aromatic carbocycles. The largest absolute Gasteiger partial charge is 0.322 e. The van der Waals surface area contributed by atoms with Gasteiger partial charge >= 0.3 is 0 Å². The number of nitrogens with one attached hydrogen (secondary N) is 2. The highest BCUT2D eigenvalue weighted by atomic mass is 32.2. The van der Waals surface area contributed by atoms with Gasteiger partial charge < -0.3 is 10.2 Å².